The Bertz CT molecular complexity index is 611. The van der Waals surface area contributed by atoms with Gasteiger partial charge in [0.1, 0.15) is 5.01 Å². The fourth-order valence-corrected chi connectivity index (χ4v) is 4.13. The number of halogens is 2. The number of rotatable bonds is 2. The maximum atomic E-state index is 6.16. The Hall–Kier alpha value is -0.420. The van der Waals surface area contributed by atoms with Crippen LogP contribution in [0.25, 0.3) is 10.6 Å². The molecule has 0 saturated carbocycles. The maximum Gasteiger partial charge on any atom is 0.123 e. The molecule has 1 N–H and O–H groups in total. The molecule has 2 aromatic rings. The van der Waals surface area contributed by atoms with E-state index in [0.717, 1.165) is 26.5 Å². The van der Waals surface area contributed by atoms with Crippen molar-refractivity contribution >= 4 is 38.9 Å². The molecule has 1 aromatic carbocycles. The number of hydrogen-bond donors (Lipinski definition) is 1. The number of thiazole rings is 1. The Morgan fingerprint density at radius 2 is 2.32 bits per heavy atom. The minimum Gasteiger partial charge on any atom is -0.312 e. The minimum absolute atomic E-state index is 0.459. The van der Waals surface area contributed by atoms with Crippen LogP contribution < -0.4 is 5.32 Å². The summed E-state index contributed by atoms with van der Waals surface area (Å²) in [6, 6.07) is 6.48. The summed E-state index contributed by atoms with van der Waals surface area (Å²) >= 11 is 11.4. The molecule has 100 valence electrons. The monoisotopic (exact) mass is 356 g/mol. The molecular weight excluding hydrogens is 344 g/mol. The van der Waals surface area contributed by atoms with Gasteiger partial charge in [-0.2, -0.15) is 0 Å². The smallest absolute Gasteiger partial charge is 0.123 e. The third kappa shape index (κ3) is 2.59. The molecule has 0 amide bonds. The maximum absolute atomic E-state index is 6.16. The van der Waals surface area contributed by atoms with Gasteiger partial charge in [-0.25, -0.2) is 4.98 Å². The van der Waals surface area contributed by atoms with E-state index in [4.69, 9.17) is 16.6 Å². The largest absolute Gasteiger partial charge is 0.312 e. The van der Waals surface area contributed by atoms with Crippen LogP contribution in [-0.2, 0) is 6.42 Å². The molecule has 0 saturated heterocycles. The summed E-state index contributed by atoms with van der Waals surface area (Å²) < 4.78 is 0.923. The molecule has 0 fully saturated rings. The summed E-state index contributed by atoms with van der Waals surface area (Å²) in [6.07, 6.45) is 3.50. The number of hydrogen-bond acceptors (Lipinski definition) is 3. The number of nitrogens with zero attached hydrogens (tertiary/aromatic N) is 1. The first-order chi connectivity index (χ1) is 9.19. The molecule has 1 heterocycles. The van der Waals surface area contributed by atoms with E-state index in [1.165, 1.54) is 23.4 Å². The van der Waals surface area contributed by atoms with Crippen molar-refractivity contribution in [1.29, 1.82) is 0 Å². The summed E-state index contributed by atoms with van der Waals surface area (Å²) in [5, 5.41) is 5.19. The minimum atomic E-state index is 0.459. The van der Waals surface area contributed by atoms with Gasteiger partial charge in [0.05, 0.1) is 10.7 Å². The molecule has 1 unspecified atom stereocenters. The first-order valence-corrected chi connectivity index (χ1v) is 8.30. The van der Waals surface area contributed by atoms with Crippen molar-refractivity contribution < 1.29 is 0 Å². The fraction of sp³-hybridized carbons (Fsp3) is 0.357. The van der Waals surface area contributed by atoms with E-state index in [1.54, 1.807) is 11.3 Å². The lowest BCUT2D eigenvalue weighted by Gasteiger charge is -2.19. The van der Waals surface area contributed by atoms with Gasteiger partial charge in [0.25, 0.3) is 0 Å². The number of benzene rings is 1. The highest BCUT2D eigenvalue weighted by molar-refractivity contribution is 9.10. The van der Waals surface area contributed by atoms with E-state index in [2.05, 4.69) is 27.3 Å². The van der Waals surface area contributed by atoms with Gasteiger partial charge in [0.15, 0.2) is 0 Å². The van der Waals surface area contributed by atoms with Crippen LogP contribution in [0.1, 0.15) is 29.5 Å². The van der Waals surface area contributed by atoms with Crippen LogP contribution in [0.5, 0.6) is 0 Å². The molecule has 5 heteroatoms. The number of aryl methyl sites for hydroxylation is 1. The second kappa shape index (κ2) is 5.52. The van der Waals surface area contributed by atoms with Crippen LogP contribution in [0.3, 0.4) is 0 Å². The van der Waals surface area contributed by atoms with E-state index >= 15 is 0 Å². The first kappa shape index (κ1) is 13.6. The van der Waals surface area contributed by atoms with Crippen LogP contribution in [0.2, 0.25) is 5.02 Å². The molecule has 2 nitrogen and oxygen atoms in total. The van der Waals surface area contributed by atoms with Gasteiger partial charge in [0.2, 0.25) is 0 Å². The Balaban J connectivity index is 2.02. The van der Waals surface area contributed by atoms with E-state index in [-0.39, 0.29) is 0 Å². The molecule has 0 radical (unpaired) electrons. The molecular formula is C14H14BrClN2S. The topological polar surface area (TPSA) is 24.9 Å². The van der Waals surface area contributed by atoms with E-state index in [1.807, 2.05) is 19.2 Å². The number of aromatic nitrogens is 1. The molecule has 1 atom stereocenters. The standard InChI is InChI=1S/C14H14BrClN2S/c1-17-11-3-2-4-12-13(11)19-14(18-12)8-5-6-9(15)10(16)7-8/h5-7,11,17H,2-4H2,1H3. The molecule has 19 heavy (non-hydrogen) atoms. The van der Waals surface area contributed by atoms with Crippen molar-refractivity contribution in [2.75, 3.05) is 7.05 Å². The van der Waals surface area contributed by atoms with Crippen LogP contribution in [0.4, 0.5) is 0 Å². The zero-order chi connectivity index (χ0) is 13.4. The predicted molar refractivity (Wildman–Crippen MR) is 85.0 cm³/mol. The summed E-state index contributed by atoms with van der Waals surface area (Å²) in [5.74, 6) is 0. The van der Waals surface area contributed by atoms with Gasteiger partial charge in [-0.1, -0.05) is 17.7 Å². The molecule has 0 spiro atoms. The number of fused-ring (bicyclic) bond motifs is 1. The van der Waals surface area contributed by atoms with Gasteiger partial charge in [-0.3, -0.25) is 0 Å². The second-order valence-electron chi connectivity index (χ2n) is 4.69. The molecule has 1 aliphatic carbocycles. The van der Waals surface area contributed by atoms with E-state index < -0.39 is 0 Å². The normalized spacial score (nSPS) is 18.4. The van der Waals surface area contributed by atoms with E-state index in [9.17, 15) is 0 Å². The van der Waals surface area contributed by atoms with Crippen LogP contribution in [0.15, 0.2) is 22.7 Å². The highest BCUT2D eigenvalue weighted by Crippen LogP contribution is 2.38. The van der Waals surface area contributed by atoms with Crippen molar-refractivity contribution in [2.45, 2.75) is 25.3 Å². The summed E-state index contributed by atoms with van der Waals surface area (Å²) in [5.41, 5.74) is 2.35. The highest BCUT2D eigenvalue weighted by atomic mass is 79.9. The summed E-state index contributed by atoms with van der Waals surface area (Å²) in [4.78, 5) is 6.19. The molecule has 0 aliphatic heterocycles. The van der Waals surface area contributed by atoms with Gasteiger partial charge in [-0.05, 0) is 54.4 Å². The third-order valence-corrected chi connectivity index (χ3v) is 5.96. The zero-order valence-electron chi connectivity index (χ0n) is 10.5. The average molecular weight is 358 g/mol. The molecule has 3 rings (SSSR count). The average Bonchev–Trinajstić information content (AvgIpc) is 2.85. The van der Waals surface area contributed by atoms with Gasteiger partial charge in [0, 0.05) is 21.0 Å². The van der Waals surface area contributed by atoms with Gasteiger partial charge >= 0.3 is 0 Å². The first-order valence-electron chi connectivity index (χ1n) is 6.31. The van der Waals surface area contributed by atoms with E-state index in [0.29, 0.717) is 6.04 Å². The zero-order valence-corrected chi connectivity index (χ0v) is 13.7. The van der Waals surface area contributed by atoms with Crippen molar-refractivity contribution in [3.05, 3.63) is 38.3 Å². The summed E-state index contributed by atoms with van der Waals surface area (Å²) in [7, 11) is 2.02. The Morgan fingerprint density at radius 1 is 1.47 bits per heavy atom. The fourth-order valence-electron chi connectivity index (χ4n) is 2.45. The highest BCUT2D eigenvalue weighted by Gasteiger charge is 2.23. The second-order valence-corrected chi connectivity index (χ2v) is 6.98. The molecule has 1 aromatic heterocycles. The van der Waals surface area contributed by atoms with Crippen molar-refractivity contribution in [3.8, 4) is 10.6 Å². The van der Waals surface area contributed by atoms with Gasteiger partial charge in [-0.15, -0.1) is 11.3 Å². The Labute approximate surface area is 130 Å². The lowest BCUT2D eigenvalue weighted by molar-refractivity contribution is 0.501. The van der Waals surface area contributed by atoms with Crippen LogP contribution in [-0.4, -0.2) is 12.0 Å². The Kier molecular flexibility index (Phi) is 3.94. The predicted octanol–water partition coefficient (Wildman–Crippen LogP) is 4.82. The SMILES string of the molecule is CNC1CCCc2nc(-c3ccc(Br)c(Cl)c3)sc21. The third-order valence-electron chi connectivity index (χ3n) is 3.47. The van der Waals surface area contributed by atoms with Crippen molar-refractivity contribution in [3.63, 3.8) is 0 Å². The molecule has 0 bridgehead atoms. The van der Waals surface area contributed by atoms with Gasteiger partial charge < -0.3 is 5.32 Å². The van der Waals surface area contributed by atoms with Crippen LogP contribution >= 0.6 is 38.9 Å². The summed E-state index contributed by atoms with van der Waals surface area (Å²) in [6.45, 7) is 0. The lowest BCUT2D eigenvalue weighted by atomic mass is 9.98. The Morgan fingerprint density at radius 3 is 3.05 bits per heavy atom. The lowest BCUT2D eigenvalue weighted by Crippen LogP contribution is -2.19. The number of nitrogens with one attached hydrogen (secondary N) is 1. The van der Waals surface area contributed by atoms with Crippen LogP contribution in [0, 0.1) is 0 Å². The van der Waals surface area contributed by atoms with Crippen molar-refractivity contribution in [2.24, 2.45) is 0 Å². The quantitative estimate of drug-likeness (QED) is 0.833. The van der Waals surface area contributed by atoms with Crippen molar-refractivity contribution in [1.82, 2.24) is 10.3 Å². The molecule has 1 aliphatic rings.